The maximum Gasteiger partial charge on any atom is 0.187 e. The standard InChI is InChI=1S/C18H32O16/c19-1-4-7(21)10(24)12(26)17(32-4)30-3-6-9(23)15(14(28)16(29)31-6)34-18-13(27)11(25)8(22)5(2-20)33-18/h4-29H,1-3H2/t4?,5?,6?,7-,8-,9-,10-,11-,12?,13?,14?,15-,16?,17+,18-/m0/s1. The van der Waals surface area contributed by atoms with Gasteiger partial charge in [-0.3, -0.25) is 0 Å². The van der Waals surface area contributed by atoms with Gasteiger partial charge in [0.05, 0.1) is 19.8 Å². The molecule has 16 nitrogen and oxygen atoms in total. The van der Waals surface area contributed by atoms with Gasteiger partial charge in [-0.15, -0.1) is 0 Å². The molecule has 3 aliphatic heterocycles. The number of rotatable bonds is 7. The van der Waals surface area contributed by atoms with Crippen molar-refractivity contribution in [3.63, 3.8) is 0 Å². The Morgan fingerprint density at radius 1 is 0.500 bits per heavy atom. The zero-order valence-corrected chi connectivity index (χ0v) is 17.7. The Morgan fingerprint density at radius 3 is 1.53 bits per heavy atom. The molecule has 0 amide bonds. The molecular formula is C18H32O16. The normalized spacial score (nSPS) is 52.5. The fourth-order valence-electron chi connectivity index (χ4n) is 3.94. The van der Waals surface area contributed by atoms with E-state index in [1.165, 1.54) is 0 Å². The van der Waals surface area contributed by atoms with E-state index in [9.17, 15) is 56.2 Å². The minimum atomic E-state index is -1.93. The van der Waals surface area contributed by atoms with Gasteiger partial charge in [0.15, 0.2) is 18.9 Å². The predicted octanol–water partition coefficient (Wildman–Crippen LogP) is -7.57. The van der Waals surface area contributed by atoms with Crippen LogP contribution in [0.5, 0.6) is 0 Å². The zero-order valence-electron chi connectivity index (χ0n) is 17.7. The van der Waals surface area contributed by atoms with Crippen molar-refractivity contribution in [2.75, 3.05) is 19.8 Å². The molecule has 3 saturated heterocycles. The molecule has 16 heteroatoms. The van der Waals surface area contributed by atoms with Gasteiger partial charge in [0.2, 0.25) is 0 Å². The smallest absolute Gasteiger partial charge is 0.187 e. The Bertz CT molecular complexity index is 637. The summed E-state index contributed by atoms with van der Waals surface area (Å²) in [5.74, 6) is 0. The maximum atomic E-state index is 10.6. The average molecular weight is 504 g/mol. The molecule has 3 rings (SSSR count). The van der Waals surface area contributed by atoms with E-state index >= 15 is 0 Å². The lowest BCUT2D eigenvalue weighted by Gasteiger charge is -2.45. The molecule has 3 aliphatic rings. The van der Waals surface area contributed by atoms with Crippen LogP contribution in [0.3, 0.4) is 0 Å². The summed E-state index contributed by atoms with van der Waals surface area (Å²) in [4.78, 5) is 0. The van der Waals surface area contributed by atoms with Crippen LogP contribution in [0.2, 0.25) is 0 Å². The van der Waals surface area contributed by atoms with E-state index in [0.717, 1.165) is 0 Å². The molecule has 0 aromatic carbocycles. The van der Waals surface area contributed by atoms with Gasteiger partial charge >= 0.3 is 0 Å². The van der Waals surface area contributed by atoms with Crippen molar-refractivity contribution in [3.8, 4) is 0 Å². The van der Waals surface area contributed by atoms with Crippen LogP contribution in [-0.4, -0.2) is 168 Å². The highest BCUT2D eigenvalue weighted by molar-refractivity contribution is 4.94. The van der Waals surface area contributed by atoms with Crippen LogP contribution in [0.15, 0.2) is 0 Å². The Hall–Kier alpha value is -0.640. The van der Waals surface area contributed by atoms with Crippen LogP contribution >= 0.6 is 0 Å². The Morgan fingerprint density at radius 2 is 1.00 bits per heavy atom. The van der Waals surface area contributed by atoms with Crippen molar-refractivity contribution in [1.82, 2.24) is 0 Å². The lowest BCUT2D eigenvalue weighted by molar-refractivity contribution is -0.361. The lowest BCUT2D eigenvalue weighted by atomic mass is 9.97. The molecule has 0 spiro atoms. The Balaban J connectivity index is 1.65. The summed E-state index contributed by atoms with van der Waals surface area (Å²) in [5, 5.41) is 109. The van der Waals surface area contributed by atoms with Crippen LogP contribution in [0, 0.1) is 0 Å². The van der Waals surface area contributed by atoms with E-state index in [-0.39, 0.29) is 0 Å². The molecule has 34 heavy (non-hydrogen) atoms. The van der Waals surface area contributed by atoms with E-state index in [4.69, 9.17) is 23.7 Å². The third kappa shape index (κ3) is 5.52. The summed E-state index contributed by atoms with van der Waals surface area (Å²) in [5.41, 5.74) is 0. The topological polar surface area (TPSA) is 269 Å². The third-order valence-corrected chi connectivity index (χ3v) is 6.07. The fraction of sp³-hybridized carbons (Fsp3) is 1.00. The van der Waals surface area contributed by atoms with Crippen LogP contribution in [-0.2, 0) is 23.7 Å². The summed E-state index contributed by atoms with van der Waals surface area (Å²) in [6.07, 6.45) is -24.9. The van der Waals surface area contributed by atoms with Gasteiger partial charge in [-0.25, -0.2) is 0 Å². The summed E-state index contributed by atoms with van der Waals surface area (Å²) >= 11 is 0. The SMILES string of the molecule is OCC1O[C@@H](OCC2OC(O)C(O)[C@@H](O[C@@H]3OC(CO)[C@H](O)[C@H](O)C3O)[C@H]2O)C(O)[C@@H](O)[C@H]1O. The first-order chi connectivity index (χ1) is 16.0. The van der Waals surface area contributed by atoms with Crippen molar-refractivity contribution in [3.05, 3.63) is 0 Å². The first-order valence-electron chi connectivity index (χ1n) is 10.6. The molecule has 0 aromatic heterocycles. The molecule has 0 saturated carbocycles. The molecule has 11 N–H and O–H groups in total. The summed E-state index contributed by atoms with van der Waals surface area (Å²) in [6.45, 7) is -2.06. The van der Waals surface area contributed by atoms with E-state index in [2.05, 4.69) is 0 Å². The van der Waals surface area contributed by atoms with Gasteiger partial charge in [0.1, 0.15) is 73.2 Å². The second-order valence-corrected chi connectivity index (χ2v) is 8.37. The van der Waals surface area contributed by atoms with Crippen LogP contribution in [0.4, 0.5) is 0 Å². The van der Waals surface area contributed by atoms with E-state index in [1.54, 1.807) is 0 Å². The fourth-order valence-corrected chi connectivity index (χ4v) is 3.94. The molecule has 0 aliphatic carbocycles. The maximum absolute atomic E-state index is 10.6. The largest absolute Gasteiger partial charge is 0.394 e. The highest BCUT2D eigenvalue weighted by atomic mass is 16.7. The van der Waals surface area contributed by atoms with E-state index in [0.29, 0.717) is 0 Å². The second kappa shape index (κ2) is 11.6. The van der Waals surface area contributed by atoms with Crippen molar-refractivity contribution >= 4 is 0 Å². The minimum Gasteiger partial charge on any atom is -0.394 e. The van der Waals surface area contributed by atoms with Gasteiger partial charge in [-0.1, -0.05) is 0 Å². The van der Waals surface area contributed by atoms with E-state index in [1.807, 2.05) is 0 Å². The van der Waals surface area contributed by atoms with Gasteiger partial charge in [-0.05, 0) is 0 Å². The quantitative estimate of drug-likeness (QED) is 0.154. The van der Waals surface area contributed by atoms with Gasteiger partial charge in [0, 0.05) is 0 Å². The first-order valence-corrected chi connectivity index (χ1v) is 10.6. The molecule has 0 bridgehead atoms. The molecule has 3 fully saturated rings. The van der Waals surface area contributed by atoms with E-state index < -0.39 is 112 Å². The molecule has 3 heterocycles. The molecule has 15 atom stereocenters. The Kier molecular flexibility index (Phi) is 9.54. The highest BCUT2D eigenvalue weighted by Crippen LogP contribution is 2.29. The van der Waals surface area contributed by atoms with Crippen LogP contribution in [0.25, 0.3) is 0 Å². The molecule has 0 radical (unpaired) electrons. The number of ether oxygens (including phenoxy) is 5. The van der Waals surface area contributed by atoms with Crippen LogP contribution < -0.4 is 0 Å². The first kappa shape index (κ1) is 27.9. The monoisotopic (exact) mass is 504 g/mol. The van der Waals surface area contributed by atoms with Crippen molar-refractivity contribution in [2.45, 2.75) is 92.1 Å². The minimum absolute atomic E-state index is 0.609. The second-order valence-electron chi connectivity index (χ2n) is 8.37. The number of hydrogen-bond donors (Lipinski definition) is 11. The van der Waals surface area contributed by atoms with Crippen molar-refractivity contribution < 1.29 is 79.9 Å². The summed E-state index contributed by atoms with van der Waals surface area (Å²) in [6, 6.07) is 0. The molecular weight excluding hydrogens is 472 g/mol. The van der Waals surface area contributed by atoms with Gasteiger partial charge in [0.25, 0.3) is 0 Å². The highest BCUT2D eigenvalue weighted by Gasteiger charge is 2.51. The predicted molar refractivity (Wildman–Crippen MR) is 101 cm³/mol. The zero-order chi connectivity index (χ0) is 25.3. The van der Waals surface area contributed by atoms with Crippen molar-refractivity contribution in [1.29, 1.82) is 0 Å². The Labute approximate surface area is 192 Å². The number of aliphatic hydroxyl groups is 11. The molecule has 0 aromatic rings. The summed E-state index contributed by atoms with van der Waals surface area (Å²) in [7, 11) is 0. The van der Waals surface area contributed by atoms with Gasteiger partial charge < -0.3 is 79.9 Å². The lowest BCUT2D eigenvalue weighted by Crippen LogP contribution is -2.65. The summed E-state index contributed by atoms with van der Waals surface area (Å²) < 4.78 is 26.1. The molecule has 7 unspecified atom stereocenters. The number of aliphatic hydroxyl groups excluding tert-OH is 11. The van der Waals surface area contributed by atoms with Gasteiger partial charge in [-0.2, -0.15) is 0 Å². The van der Waals surface area contributed by atoms with Crippen molar-refractivity contribution in [2.24, 2.45) is 0 Å². The number of hydrogen-bond acceptors (Lipinski definition) is 16. The third-order valence-electron chi connectivity index (χ3n) is 6.07. The van der Waals surface area contributed by atoms with Crippen LogP contribution in [0.1, 0.15) is 0 Å². The average Bonchev–Trinajstić information content (AvgIpc) is 2.82. The molecule has 200 valence electrons.